The van der Waals surface area contributed by atoms with E-state index in [1.54, 1.807) is 17.0 Å². The largest absolute Gasteiger partial charge is 1.00 e. The van der Waals surface area contributed by atoms with E-state index >= 15 is 0 Å². The van der Waals surface area contributed by atoms with E-state index in [9.17, 15) is 14.4 Å². The summed E-state index contributed by atoms with van der Waals surface area (Å²) in [5, 5.41) is 4.22. The number of nitrogens with zero attached hydrogens (tertiary/aromatic N) is 2. The number of thioether (sulfide) groups is 1. The van der Waals surface area contributed by atoms with Crippen molar-refractivity contribution in [2.24, 2.45) is 0 Å². The maximum atomic E-state index is 12.5. The molecule has 2 fully saturated rings. The molecule has 0 N–H and O–H groups in total. The van der Waals surface area contributed by atoms with Crippen LogP contribution in [0.3, 0.4) is 0 Å². The Bertz CT molecular complexity index is 920. The summed E-state index contributed by atoms with van der Waals surface area (Å²) < 4.78 is 12.0. The Morgan fingerprint density at radius 1 is 1.17 bits per heavy atom. The van der Waals surface area contributed by atoms with Gasteiger partial charge in [0.15, 0.2) is 0 Å². The normalized spacial score (nSPS) is 24.7. The van der Waals surface area contributed by atoms with Crippen molar-refractivity contribution < 1.29 is 36.3 Å². The molecule has 1 spiro atoms. The lowest BCUT2D eigenvalue weighted by molar-refractivity contribution is -0.111. The van der Waals surface area contributed by atoms with Crippen LogP contribution in [0.5, 0.6) is 0 Å². The molecule has 0 aromatic heterocycles. The molecule has 4 aliphatic rings. The van der Waals surface area contributed by atoms with Crippen LogP contribution >= 0.6 is 11.8 Å². The fraction of sp³-hybridized carbons (Fsp3) is 0.476. The fourth-order valence-corrected chi connectivity index (χ4v) is 5.49. The Hall–Kier alpha value is -2.03. The molecule has 0 radical (unpaired) electrons. The quantitative estimate of drug-likeness (QED) is 0.562. The number of likely N-dealkylation sites (tertiary alicyclic amines) is 1. The Labute approximate surface area is 184 Å². The predicted octanol–water partition coefficient (Wildman–Crippen LogP) is 0.00520. The number of rotatable bonds is 1. The molecule has 2 saturated heterocycles. The van der Waals surface area contributed by atoms with Crippen LogP contribution in [0, 0.1) is 0 Å². The maximum absolute atomic E-state index is 12.5. The molecule has 3 heterocycles. The third kappa shape index (κ3) is 3.61. The van der Waals surface area contributed by atoms with E-state index in [0.29, 0.717) is 60.0 Å². The van der Waals surface area contributed by atoms with Gasteiger partial charge in [0, 0.05) is 42.8 Å². The maximum Gasteiger partial charge on any atom is 0.409 e. The molecule has 0 saturated carbocycles. The number of benzene rings is 1. The lowest BCUT2D eigenvalue weighted by atomic mass is 9.90. The van der Waals surface area contributed by atoms with Crippen molar-refractivity contribution in [3.05, 3.63) is 45.6 Å². The van der Waals surface area contributed by atoms with E-state index < -0.39 is 17.2 Å². The second-order valence-electron chi connectivity index (χ2n) is 7.85. The van der Waals surface area contributed by atoms with Gasteiger partial charge in [0.2, 0.25) is 11.6 Å². The Balaban J connectivity index is 0.00000218. The third-order valence-corrected chi connectivity index (χ3v) is 7.31. The second-order valence-corrected chi connectivity index (χ2v) is 8.83. The first-order valence-electron chi connectivity index (χ1n) is 9.90. The molecular weight excluding hydrogens is 428 g/mol. The second kappa shape index (κ2) is 8.24. The summed E-state index contributed by atoms with van der Waals surface area (Å²) in [7, 11) is 0. The third-order valence-electron chi connectivity index (χ3n) is 5.98. The van der Waals surface area contributed by atoms with Crippen molar-refractivity contribution >= 4 is 35.2 Å². The molecule has 7 nitrogen and oxygen atoms in total. The molecule has 1 unspecified atom stereocenters. The molecule has 1 aromatic carbocycles. The first-order chi connectivity index (χ1) is 14.1. The van der Waals surface area contributed by atoms with Gasteiger partial charge in [-0.1, -0.05) is 24.3 Å². The molecule has 1 aliphatic carbocycles. The van der Waals surface area contributed by atoms with Crippen molar-refractivity contribution in [2.75, 3.05) is 31.9 Å². The lowest BCUT2D eigenvalue weighted by Crippen LogP contribution is -3.00. The first kappa shape index (κ1) is 21.2. The molecule has 160 valence electrons. The standard InChI is InChI=1S/C21H21N2O5S.ClH/c24-16-14-3-1-2-4-15(14)18-19(17(16)25)29-12-21(28-18)6-9-23(10-7-21)20(26)27-13-5-8-22-11-13;/h1-4,13H,5-12H2;1H/q-1;/p-1. The fourth-order valence-electron chi connectivity index (χ4n) is 4.23. The summed E-state index contributed by atoms with van der Waals surface area (Å²) in [5.74, 6) is 0.159. The van der Waals surface area contributed by atoms with Crippen LogP contribution in [0.2, 0.25) is 0 Å². The van der Waals surface area contributed by atoms with Gasteiger partial charge in [0.1, 0.15) is 16.3 Å². The average molecular weight is 449 g/mol. The van der Waals surface area contributed by atoms with E-state index in [1.807, 2.05) is 12.1 Å². The van der Waals surface area contributed by atoms with E-state index in [4.69, 9.17) is 9.47 Å². The van der Waals surface area contributed by atoms with Crippen LogP contribution in [0.15, 0.2) is 29.2 Å². The minimum atomic E-state index is -0.485. The Morgan fingerprint density at radius 3 is 2.60 bits per heavy atom. The highest BCUT2D eigenvalue weighted by atomic mass is 35.5. The van der Waals surface area contributed by atoms with Crippen LogP contribution in [0.1, 0.15) is 35.2 Å². The number of hydrogen-bond donors (Lipinski definition) is 0. The van der Waals surface area contributed by atoms with E-state index in [0.717, 1.165) is 13.0 Å². The SMILES string of the molecule is O=C1C(=O)c2ccccc2C2=C1SCC1(CCN(C(=O)OC3CC[N-]C3)CC1)O2.[Cl-]. The molecule has 30 heavy (non-hydrogen) atoms. The molecular formula is C21H21ClN2O5S-2. The van der Waals surface area contributed by atoms with Gasteiger partial charge in [-0.3, -0.25) is 9.59 Å². The van der Waals surface area contributed by atoms with Crippen molar-refractivity contribution in [3.63, 3.8) is 0 Å². The van der Waals surface area contributed by atoms with Crippen LogP contribution in [0.25, 0.3) is 11.1 Å². The van der Waals surface area contributed by atoms with Crippen molar-refractivity contribution in [1.29, 1.82) is 0 Å². The van der Waals surface area contributed by atoms with Gasteiger partial charge in [0.25, 0.3) is 0 Å². The zero-order valence-corrected chi connectivity index (χ0v) is 17.8. The zero-order chi connectivity index (χ0) is 20.0. The number of Topliss-reactive ketones (excluding diaryl/α,β-unsaturated/α-hetero) is 2. The van der Waals surface area contributed by atoms with Crippen LogP contribution < -0.4 is 12.4 Å². The number of ketones is 2. The number of ether oxygens (including phenoxy) is 2. The van der Waals surface area contributed by atoms with Gasteiger partial charge < -0.3 is 32.1 Å². The summed E-state index contributed by atoms with van der Waals surface area (Å²) in [6.07, 6.45) is 1.73. The number of allylic oxidation sites excluding steroid dienone is 1. The number of amides is 1. The Kier molecular flexibility index (Phi) is 5.83. The van der Waals surface area contributed by atoms with Gasteiger partial charge in [-0.15, -0.1) is 24.9 Å². The lowest BCUT2D eigenvalue weighted by Gasteiger charge is -2.45. The summed E-state index contributed by atoms with van der Waals surface area (Å²) in [4.78, 5) is 39.5. The van der Waals surface area contributed by atoms with Gasteiger partial charge in [0.05, 0.1) is 6.10 Å². The van der Waals surface area contributed by atoms with Crippen molar-refractivity contribution in [1.82, 2.24) is 4.90 Å². The summed E-state index contributed by atoms with van der Waals surface area (Å²) in [6.45, 7) is 2.43. The van der Waals surface area contributed by atoms with Crippen molar-refractivity contribution in [2.45, 2.75) is 31.0 Å². The van der Waals surface area contributed by atoms with Gasteiger partial charge in [-0.25, -0.2) is 4.79 Å². The number of carbonyl (C=O) groups excluding carboxylic acids is 3. The molecule has 9 heteroatoms. The number of piperidine rings is 1. The minimum Gasteiger partial charge on any atom is -1.00 e. The van der Waals surface area contributed by atoms with E-state index in [1.165, 1.54) is 11.8 Å². The highest BCUT2D eigenvalue weighted by Gasteiger charge is 2.46. The number of halogens is 1. The molecule has 0 bridgehead atoms. The number of fused-ring (bicyclic) bond motifs is 2. The van der Waals surface area contributed by atoms with Crippen LogP contribution in [-0.4, -0.2) is 66.2 Å². The van der Waals surface area contributed by atoms with Gasteiger partial charge >= 0.3 is 6.09 Å². The minimum absolute atomic E-state index is 0. The van der Waals surface area contributed by atoms with Crippen LogP contribution in [-0.2, 0) is 14.3 Å². The smallest absolute Gasteiger partial charge is 0.409 e. The molecule has 1 amide bonds. The monoisotopic (exact) mass is 448 g/mol. The topological polar surface area (TPSA) is 87.0 Å². The average Bonchev–Trinajstić information content (AvgIpc) is 3.25. The molecule has 3 aliphatic heterocycles. The molecule has 1 atom stereocenters. The summed E-state index contributed by atoms with van der Waals surface area (Å²) >= 11 is 1.40. The van der Waals surface area contributed by atoms with Crippen LogP contribution in [0.4, 0.5) is 4.79 Å². The first-order valence-corrected chi connectivity index (χ1v) is 10.9. The summed E-state index contributed by atoms with van der Waals surface area (Å²) in [6, 6.07) is 7.09. The van der Waals surface area contributed by atoms with Gasteiger partial charge in [-0.2, -0.15) is 0 Å². The number of carbonyl (C=O) groups is 3. The highest BCUT2D eigenvalue weighted by molar-refractivity contribution is 8.04. The van der Waals surface area contributed by atoms with E-state index in [-0.39, 0.29) is 24.6 Å². The summed E-state index contributed by atoms with van der Waals surface area (Å²) in [5.41, 5.74) is 0.638. The highest BCUT2D eigenvalue weighted by Crippen LogP contribution is 2.47. The predicted molar refractivity (Wildman–Crippen MR) is 108 cm³/mol. The number of hydrogen-bond acceptors (Lipinski definition) is 6. The van der Waals surface area contributed by atoms with E-state index in [2.05, 4.69) is 5.32 Å². The molecule has 1 aromatic rings. The molecule has 5 rings (SSSR count). The van der Waals surface area contributed by atoms with Crippen molar-refractivity contribution in [3.8, 4) is 0 Å². The zero-order valence-electron chi connectivity index (χ0n) is 16.3. The Morgan fingerprint density at radius 2 is 1.90 bits per heavy atom. The van der Waals surface area contributed by atoms with Gasteiger partial charge in [-0.05, 0) is 6.42 Å².